The second-order valence-electron chi connectivity index (χ2n) is 10.2. The fourth-order valence-corrected chi connectivity index (χ4v) is 7.75. The van der Waals surface area contributed by atoms with Crippen LogP contribution in [-0.4, -0.2) is 124 Å². The SMILES string of the molecule is NC1=NC(=O)C2N=CN([C@@H]3O[C@@H]4COP(O)(=S)O[C@H]5[C@@H](F)[C@H](n6cnc7c(N)ncnc76)O[C@@H]5CNS(=O)(=O)O[C@H]4[C@@H]3F)C2=N1. The molecule has 2 unspecified atom stereocenters. The monoisotopic (exact) mass is 693 g/mol. The van der Waals surface area contributed by atoms with Crippen molar-refractivity contribution in [1.29, 1.82) is 0 Å². The molecule has 6 N–H and O–H groups in total. The molecule has 7 rings (SSSR count). The fourth-order valence-electron chi connectivity index (χ4n) is 5.36. The minimum Gasteiger partial charge on any atom is -0.382 e. The van der Waals surface area contributed by atoms with Gasteiger partial charge in [0.1, 0.15) is 36.3 Å². The molecular formula is C20H22F2N11O9PS2. The van der Waals surface area contributed by atoms with Gasteiger partial charge in [0.25, 0.3) is 5.91 Å². The van der Waals surface area contributed by atoms with Gasteiger partial charge in [0.05, 0.1) is 19.3 Å². The Morgan fingerprint density at radius 2 is 1.84 bits per heavy atom. The fraction of sp³-hybridized carbons (Fsp3) is 0.550. The van der Waals surface area contributed by atoms with Crippen LogP contribution in [0.4, 0.5) is 14.6 Å². The van der Waals surface area contributed by atoms with Gasteiger partial charge in [-0.2, -0.15) is 23.1 Å². The van der Waals surface area contributed by atoms with Crippen LogP contribution in [0, 0.1) is 0 Å². The van der Waals surface area contributed by atoms with Gasteiger partial charge in [-0.3, -0.25) is 23.8 Å². The van der Waals surface area contributed by atoms with Crippen molar-refractivity contribution in [2.45, 2.75) is 55.3 Å². The first-order chi connectivity index (χ1) is 21.3. The van der Waals surface area contributed by atoms with Gasteiger partial charge < -0.3 is 30.4 Å². The Morgan fingerprint density at radius 3 is 2.64 bits per heavy atom. The Morgan fingerprint density at radius 1 is 1.09 bits per heavy atom. The third kappa shape index (κ3) is 5.39. The number of carbonyl (C=O) groups is 1. The summed E-state index contributed by atoms with van der Waals surface area (Å²) in [6.45, 7) is -5.75. The number of anilines is 1. The van der Waals surface area contributed by atoms with Crippen molar-refractivity contribution in [3.8, 4) is 0 Å². The smallest absolute Gasteiger partial charge is 0.336 e. The van der Waals surface area contributed by atoms with E-state index in [0.29, 0.717) is 0 Å². The predicted molar refractivity (Wildman–Crippen MR) is 149 cm³/mol. The zero-order valence-corrected chi connectivity index (χ0v) is 24.8. The number of nitrogen functional groups attached to an aromatic ring is 1. The molecule has 0 spiro atoms. The summed E-state index contributed by atoms with van der Waals surface area (Å²) in [6, 6.07) is -1.21. The Labute approximate surface area is 256 Å². The van der Waals surface area contributed by atoms with Crippen LogP contribution in [-0.2, 0) is 49.6 Å². The number of halogens is 2. The van der Waals surface area contributed by atoms with E-state index in [1.807, 2.05) is 0 Å². The lowest BCUT2D eigenvalue weighted by Gasteiger charge is -2.27. The number of amidine groups is 1. The van der Waals surface area contributed by atoms with Crippen LogP contribution < -0.4 is 16.2 Å². The van der Waals surface area contributed by atoms with Gasteiger partial charge in [-0.1, -0.05) is 0 Å². The standard InChI is InChI=1S/C20H22F2N11O9PS2/c21-8-12-6(39-18(8)32-4-27-10-14(23)25-3-26-15(10)32)1-29-45(36,37)42-13-7(2-38-43(35,44)41-12)40-19(9(13)22)33-5-28-11-16(33)30-20(24)31-17(11)34/h3-9,11-13,18-19,29H,1-2H2,(H,35,44)(H2,23,25,26)(H2,24,31,34)/t6-,7-,8-,9+,11?,12-,13-,18-,19-,43?/m1/s1. The van der Waals surface area contributed by atoms with Crippen molar-refractivity contribution in [3.05, 3.63) is 12.7 Å². The van der Waals surface area contributed by atoms with E-state index in [0.717, 1.165) is 17.6 Å². The molecule has 7 heterocycles. The zero-order valence-electron chi connectivity index (χ0n) is 22.3. The summed E-state index contributed by atoms with van der Waals surface area (Å²) in [7, 11) is -4.78. The van der Waals surface area contributed by atoms with E-state index in [-0.39, 0.29) is 22.8 Å². The first-order valence-corrected chi connectivity index (χ1v) is 17.0. The van der Waals surface area contributed by atoms with E-state index in [1.54, 1.807) is 0 Å². The molecule has 25 heteroatoms. The number of guanidine groups is 1. The largest absolute Gasteiger partial charge is 0.382 e. The van der Waals surface area contributed by atoms with E-state index < -0.39 is 97.3 Å². The van der Waals surface area contributed by atoms with Crippen molar-refractivity contribution < 1.29 is 49.6 Å². The van der Waals surface area contributed by atoms with Crippen molar-refractivity contribution >= 4 is 69.9 Å². The molecule has 3 saturated heterocycles. The first kappa shape index (κ1) is 30.5. The van der Waals surface area contributed by atoms with E-state index >= 15 is 8.78 Å². The number of hydrogen-bond acceptors (Lipinski definition) is 17. The summed E-state index contributed by atoms with van der Waals surface area (Å²) in [5.74, 6) is -1.23. The number of hydrogen-bond donors (Lipinski definition) is 4. The Hall–Kier alpha value is -3.19. The van der Waals surface area contributed by atoms with Gasteiger partial charge in [0, 0.05) is 6.54 Å². The number of ether oxygens (including phenoxy) is 2. The van der Waals surface area contributed by atoms with Gasteiger partial charge in [0.15, 0.2) is 48.1 Å². The maximum Gasteiger partial charge on any atom is 0.336 e. The Kier molecular flexibility index (Phi) is 7.42. The Bertz CT molecular complexity index is 1810. The summed E-state index contributed by atoms with van der Waals surface area (Å²) < 4.78 is 88.6. The lowest BCUT2D eigenvalue weighted by molar-refractivity contribution is -0.117. The lowest BCUT2D eigenvalue weighted by Crippen LogP contribution is -2.49. The quantitative estimate of drug-likeness (QED) is 0.237. The molecule has 10 atom stereocenters. The minimum atomic E-state index is -4.78. The summed E-state index contributed by atoms with van der Waals surface area (Å²) in [5, 5.41) is 0. The number of imidazole rings is 1. The van der Waals surface area contributed by atoms with Crippen LogP contribution in [0.25, 0.3) is 11.2 Å². The van der Waals surface area contributed by atoms with Crippen molar-refractivity contribution in [2.24, 2.45) is 20.7 Å². The van der Waals surface area contributed by atoms with Crippen molar-refractivity contribution in [3.63, 3.8) is 0 Å². The number of nitrogens with one attached hydrogen (secondary N) is 1. The van der Waals surface area contributed by atoms with Crippen LogP contribution in [0.5, 0.6) is 0 Å². The van der Waals surface area contributed by atoms with Gasteiger partial charge in [0.2, 0.25) is 5.96 Å². The van der Waals surface area contributed by atoms with Gasteiger partial charge in [-0.25, -0.2) is 27.9 Å². The van der Waals surface area contributed by atoms with E-state index in [2.05, 4.69) is 34.7 Å². The summed E-state index contributed by atoms with van der Waals surface area (Å²) in [5.41, 5.74) is 11.6. The number of amides is 1. The molecule has 5 aliphatic rings. The highest BCUT2D eigenvalue weighted by Gasteiger charge is 2.55. The average molecular weight is 694 g/mol. The number of alkyl halides is 2. The Balaban J connectivity index is 1.14. The number of aliphatic imine (C=N–C) groups is 3. The molecule has 2 aromatic heterocycles. The molecule has 0 aromatic carbocycles. The molecule has 0 bridgehead atoms. The molecule has 20 nitrogen and oxygen atoms in total. The lowest BCUT2D eigenvalue weighted by atomic mass is 10.1. The van der Waals surface area contributed by atoms with Gasteiger partial charge in [-0.05, 0) is 11.8 Å². The first-order valence-electron chi connectivity index (χ1n) is 13.0. The third-order valence-electron chi connectivity index (χ3n) is 7.36. The number of nitrogens with two attached hydrogens (primary N) is 2. The molecule has 242 valence electrons. The van der Waals surface area contributed by atoms with Gasteiger partial charge in [-0.15, -0.1) is 0 Å². The maximum absolute atomic E-state index is 15.9. The molecule has 3 fully saturated rings. The highest BCUT2D eigenvalue weighted by molar-refractivity contribution is 8.07. The van der Waals surface area contributed by atoms with Crippen molar-refractivity contribution in [2.75, 3.05) is 18.9 Å². The second-order valence-corrected chi connectivity index (χ2v) is 14.3. The second kappa shape index (κ2) is 11.0. The molecule has 45 heavy (non-hydrogen) atoms. The third-order valence-corrected chi connectivity index (χ3v) is 9.92. The average Bonchev–Trinajstić information content (AvgIpc) is 3.72. The van der Waals surface area contributed by atoms with Crippen LogP contribution in [0.15, 0.2) is 27.6 Å². The summed E-state index contributed by atoms with van der Waals surface area (Å²) in [6.07, 6.45) is -10.5. The number of fused-ring (bicyclic) bond motifs is 4. The zero-order chi connectivity index (χ0) is 31.8. The number of aromatic nitrogens is 4. The molecule has 0 saturated carbocycles. The van der Waals surface area contributed by atoms with Crippen molar-refractivity contribution in [1.82, 2.24) is 29.1 Å². The normalized spacial score (nSPS) is 39.8. The number of rotatable bonds is 2. The molecule has 0 aliphatic carbocycles. The maximum atomic E-state index is 15.9. The molecule has 1 amide bonds. The van der Waals surface area contributed by atoms with Crippen LogP contribution >= 0.6 is 6.72 Å². The molecule has 5 aliphatic heterocycles. The highest BCUT2D eigenvalue weighted by atomic mass is 32.5. The van der Waals surface area contributed by atoms with Crippen LogP contribution in [0.2, 0.25) is 0 Å². The van der Waals surface area contributed by atoms with E-state index in [4.69, 9.17) is 46.0 Å². The molecular weight excluding hydrogens is 671 g/mol. The summed E-state index contributed by atoms with van der Waals surface area (Å²) >= 11 is 5.11. The van der Waals surface area contributed by atoms with E-state index in [1.165, 1.54) is 10.9 Å². The molecule has 0 radical (unpaired) electrons. The predicted octanol–water partition coefficient (Wildman–Crippen LogP) is -2.48. The van der Waals surface area contributed by atoms with E-state index in [9.17, 15) is 18.1 Å². The minimum absolute atomic E-state index is 0.0234. The number of carbonyl (C=O) groups excluding carboxylic acids is 1. The topological polar surface area (TPSA) is 266 Å². The molecule has 2 aromatic rings. The number of nitrogens with zero attached hydrogens (tertiary/aromatic N) is 8. The van der Waals surface area contributed by atoms with Gasteiger partial charge >= 0.3 is 17.0 Å². The van der Waals surface area contributed by atoms with Crippen LogP contribution in [0.1, 0.15) is 6.23 Å². The summed E-state index contributed by atoms with van der Waals surface area (Å²) in [4.78, 5) is 47.4. The van der Waals surface area contributed by atoms with Crippen LogP contribution in [0.3, 0.4) is 0 Å². The highest BCUT2D eigenvalue weighted by Crippen LogP contribution is 2.50.